The van der Waals surface area contributed by atoms with Crippen LogP contribution in [0.5, 0.6) is 0 Å². The molecular formula is C14H20N2O2. The van der Waals surface area contributed by atoms with Gasteiger partial charge in [0.05, 0.1) is 12.7 Å². The van der Waals surface area contributed by atoms with Gasteiger partial charge in [0.15, 0.2) is 0 Å². The van der Waals surface area contributed by atoms with Crippen LogP contribution >= 0.6 is 0 Å². The Morgan fingerprint density at radius 1 is 1.44 bits per heavy atom. The van der Waals surface area contributed by atoms with Crippen LogP contribution < -0.4 is 5.73 Å². The van der Waals surface area contributed by atoms with Crippen molar-refractivity contribution in [3.63, 3.8) is 0 Å². The van der Waals surface area contributed by atoms with Gasteiger partial charge in [-0.3, -0.25) is 4.99 Å². The predicted molar refractivity (Wildman–Crippen MR) is 73.0 cm³/mol. The minimum atomic E-state index is -0.342. The molecular weight excluding hydrogens is 228 g/mol. The Kier molecular flexibility index (Phi) is 5.36. The van der Waals surface area contributed by atoms with Crippen LogP contribution in [0.3, 0.4) is 0 Å². The molecule has 0 fully saturated rings. The number of ether oxygens (including phenoxy) is 1. The van der Waals surface area contributed by atoms with Crippen LogP contribution in [0.15, 0.2) is 23.2 Å². The van der Waals surface area contributed by atoms with Gasteiger partial charge >= 0.3 is 5.97 Å². The first kappa shape index (κ1) is 14.2. The highest BCUT2D eigenvalue weighted by molar-refractivity contribution is 6.00. The second kappa shape index (κ2) is 6.79. The van der Waals surface area contributed by atoms with Gasteiger partial charge < -0.3 is 10.5 Å². The lowest BCUT2D eigenvalue weighted by atomic mass is 10.0. The van der Waals surface area contributed by atoms with Gasteiger partial charge in [-0.25, -0.2) is 4.79 Å². The number of nitrogens with two attached hydrogens (primary N) is 1. The van der Waals surface area contributed by atoms with Gasteiger partial charge in [-0.2, -0.15) is 0 Å². The Balaban J connectivity index is 2.91. The van der Waals surface area contributed by atoms with Crippen LogP contribution in [0.25, 0.3) is 0 Å². The van der Waals surface area contributed by atoms with E-state index in [9.17, 15) is 4.79 Å². The van der Waals surface area contributed by atoms with Gasteiger partial charge in [0.2, 0.25) is 0 Å². The minimum absolute atomic E-state index is 0.342. The zero-order valence-electron chi connectivity index (χ0n) is 11.2. The molecule has 0 spiro atoms. The monoisotopic (exact) mass is 248 g/mol. The van der Waals surface area contributed by atoms with Crippen molar-refractivity contribution in [3.05, 3.63) is 34.9 Å². The number of aryl methyl sites for hydroxylation is 1. The summed E-state index contributed by atoms with van der Waals surface area (Å²) < 4.78 is 4.67. The number of hydrogen-bond acceptors (Lipinski definition) is 3. The number of rotatable bonds is 5. The first-order valence-corrected chi connectivity index (χ1v) is 6.09. The predicted octanol–water partition coefficient (Wildman–Crippen LogP) is 2.29. The summed E-state index contributed by atoms with van der Waals surface area (Å²) in [5.74, 6) is 0.184. The fraction of sp³-hybridized carbons (Fsp3) is 0.429. The van der Waals surface area contributed by atoms with Gasteiger partial charge in [-0.15, -0.1) is 0 Å². The maximum absolute atomic E-state index is 11.4. The minimum Gasteiger partial charge on any atom is -0.465 e. The first-order chi connectivity index (χ1) is 8.60. The molecule has 1 aromatic rings. The molecule has 0 radical (unpaired) electrons. The smallest absolute Gasteiger partial charge is 0.337 e. The zero-order valence-corrected chi connectivity index (χ0v) is 11.2. The van der Waals surface area contributed by atoms with Crippen molar-refractivity contribution in [2.24, 2.45) is 10.7 Å². The summed E-state index contributed by atoms with van der Waals surface area (Å²) in [6.07, 6.45) is 2.12. The molecule has 0 aliphatic rings. The van der Waals surface area contributed by atoms with E-state index in [-0.39, 0.29) is 5.97 Å². The highest BCUT2D eigenvalue weighted by Crippen LogP contribution is 2.12. The molecule has 0 bridgehead atoms. The molecule has 0 aliphatic heterocycles. The second-order valence-corrected chi connectivity index (χ2v) is 4.14. The number of methoxy groups -OCH3 is 1. The molecule has 0 aliphatic carbocycles. The van der Waals surface area contributed by atoms with Gasteiger partial charge in [0.25, 0.3) is 0 Å². The number of carbonyl (C=O) groups excluding carboxylic acids is 1. The summed E-state index contributed by atoms with van der Waals surface area (Å²) in [7, 11) is 1.37. The molecule has 1 rings (SSSR count). The Morgan fingerprint density at radius 3 is 2.72 bits per heavy atom. The lowest BCUT2D eigenvalue weighted by Crippen LogP contribution is -2.16. The Hall–Kier alpha value is -1.84. The largest absolute Gasteiger partial charge is 0.465 e. The average Bonchev–Trinajstić information content (AvgIpc) is 2.37. The second-order valence-electron chi connectivity index (χ2n) is 4.14. The summed E-state index contributed by atoms with van der Waals surface area (Å²) in [4.78, 5) is 15.7. The number of benzene rings is 1. The molecule has 0 saturated heterocycles. The number of nitrogens with zero attached hydrogens (tertiary/aromatic N) is 1. The molecule has 0 atom stereocenters. The molecule has 18 heavy (non-hydrogen) atoms. The van der Waals surface area contributed by atoms with E-state index >= 15 is 0 Å². The molecule has 4 heteroatoms. The van der Waals surface area contributed by atoms with Crippen LogP contribution in [0, 0.1) is 6.92 Å². The lowest BCUT2D eigenvalue weighted by Gasteiger charge is -2.07. The fourth-order valence-corrected chi connectivity index (χ4v) is 1.64. The van der Waals surface area contributed by atoms with E-state index in [4.69, 9.17) is 5.73 Å². The van der Waals surface area contributed by atoms with E-state index < -0.39 is 0 Å². The van der Waals surface area contributed by atoms with Crippen molar-refractivity contribution < 1.29 is 9.53 Å². The highest BCUT2D eigenvalue weighted by atomic mass is 16.5. The van der Waals surface area contributed by atoms with Gasteiger partial charge in [0.1, 0.15) is 5.84 Å². The van der Waals surface area contributed by atoms with E-state index in [2.05, 4.69) is 16.7 Å². The molecule has 0 saturated carbocycles. The normalized spacial score (nSPS) is 11.4. The summed E-state index contributed by atoms with van der Waals surface area (Å²) >= 11 is 0. The number of esters is 1. The van der Waals surface area contributed by atoms with Gasteiger partial charge in [0, 0.05) is 12.1 Å². The van der Waals surface area contributed by atoms with E-state index in [1.807, 2.05) is 13.0 Å². The standard InChI is InChI=1S/C14H20N2O2/c1-4-5-8-16-13(15)12-7-6-11(9-10(12)2)14(17)18-3/h6-7,9H,4-5,8H2,1-3H3,(H2,15,16). The molecule has 98 valence electrons. The van der Waals surface area contributed by atoms with E-state index in [1.54, 1.807) is 12.1 Å². The maximum atomic E-state index is 11.4. The van der Waals surface area contributed by atoms with Gasteiger partial charge in [-0.05, 0) is 31.0 Å². The molecule has 0 amide bonds. The van der Waals surface area contributed by atoms with E-state index in [0.717, 1.165) is 30.5 Å². The van der Waals surface area contributed by atoms with Crippen molar-refractivity contribution in [2.45, 2.75) is 26.7 Å². The molecule has 0 unspecified atom stereocenters. The Bertz CT molecular complexity index is 453. The number of aliphatic imine (C=N–C) groups is 1. The van der Waals surface area contributed by atoms with Crippen LogP contribution in [0.4, 0.5) is 0 Å². The van der Waals surface area contributed by atoms with Crippen LogP contribution in [-0.2, 0) is 4.74 Å². The highest BCUT2D eigenvalue weighted by Gasteiger charge is 2.09. The van der Waals surface area contributed by atoms with Crippen molar-refractivity contribution in [1.29, 1.82) is 0 Å². The average molecular weight is 248 g/mol. The lowest BCUT2D eigenvalue weighted by molar-refractivity contribution is 0.0600. The number of amidine groups is 1. The third-order valence-electron chi connectivity index (χ3n) is 2.72. The number of hydrogen-bond donors (Lipinski definition) is 1. The Labute approximate surface area is 108 Å². The van der Waals surface area contributed by atoms with Crippen LogP contribution in [-0.4, -0.2) is 25.5 Å². The summed E-state index contributed by atoms with van der Waals surface area (Å²) in [6.45, 7) is 4.76. The topological polar surface area (TPSA) is 64.7 Å². The number of carbonyl (C=O) groups is 1. The Morgan fingerprint density at radius 2 is 2.17 bits per heavy atom. The van der Waals surface area contributed by atoms with Crippen LogP contribution in [0.1, 0.15) is 41.3 Å². The summed E-state index contributed by atoms with van der Waals surface area (Å²) in [5, 5.41) is 0. The maximum Gasteiger partial charge on any atom is 0.337 e. The number of unbranched alkanes of at least 4 members (excludes halogenated alkanes) is 1. The third kappa shape index (κ3) is 3.58. The zero-order chi connectivity index (χ0) is 13.5. The fourth-order valence-electron chi connectivity index (χ4n) is 1.64. The summed E-state index contributed by atoms with van der Waals surface area (Å²) in [5.41, 5.74) is 8.26. The molecule has 0 aromatic heterocycles. The molecule has 1 aromatic carbocycles. The molecule has 4 nitrogen and oxygen atoms in total. The van der Waals surface area contributed by atoms with Crippen molar-refractivity contribution in [2.75, 3.05) is 13.7 Å². The van der Waals surface area contributed by atoms with Crippen molar-refractivity contribution >= 4 is 11.8 Å². The quantitative estimate of drug-likeness (QED) is 0.376. The van der Waals surface area contributed by atoms with Crippen LogP contribution in [0.2, 0.25) is 0 Å². The summed E-state index contributed by atoms with van der Waals surface area (Å²) in [6, 6.07) is 5.28. The molecule has 0 heterocycles. The van der Waals surface area contributed by atoms with E-state index in [1.165, 1.54) is 7.11 Å². The van der Waals surface area contributed by atoms with E-state index in [0.29, 0.717) is 11.4 Å². The van der Waals surface area contributed by atoms with Crippen molar-refractivity contribution in [1.82, 2.24) is 0 Å². The molecule has 2 N–H and O–H groups in total. The first-order valence-electron chi connectivity index (χ1n) is 6.09. The van der Waals surface area contributed by atoms with Gasteiger partial charge in [-0.1, -0.05) is 19.4 Å². The van der Waals surface area contributed by atoms with Crippen molar-refractivity contribution in [3.8, 4) is 0 Å². The third-order valence-corrected chi connectivity index (χ3v) is 2.72. The SMILES string of the molecule is CCCCN=C(N)c1ccc(C(=O)OC)cc1C.